The smallest absolute Gasteiger partial charge is 0.331 e. The summed E-state index contributed by atoms with van der Waals surface area (Å²) >= 11 is 6.11. The molecule has 0 atom stereocenters. The number of esters is 1. The molecule has 0 unspecified atom stereocenters. The number of benzene rings is 3. The largest absolute Gasteiger partial charge is 0.489 e. The van der Waals surface area contributed by atoms with E-state index in [1.165, 1.54) is 18.2 Å². The van der Waals surface area contributed by atoms with Crippen LogP contribution in [0.1, 0.15) is 16.7 Å². The summed E-state index contributed by atoms with van der Waals surface area (Å²) in [4.78, 5) is 11.8. The summed E-state index contributed by atoms with van der Waals surface area (Å²) in [6.07, 6.45) is 3.01. The average molecular weight is 397 g/mol. The van der Waals surface area contributed by atoms with Gasteiger partial charge in [0.25, 0.3) is 0 Å². The molecule has 3 aromatic rings. The molecule has 0 aliphatic carbocycles. The molecule has 3 nitrogen and oxygen atoms in total. The lowest BCUT2D eigenvalue weighted by Gasteiger charge is -2.07. The molecule has 3 rings (SSSR count). The van der Waals surface area contributed by atoms with Gasteiger partial charge in [-0.05, 0) is 47.5 Å². The first-order valence-corrected chi connectivity index (χ1v) is 9.03. The van der Waals surface area contributed by atoms with E-state index in [1.54, 1.807) is 18.2 Å². The molecule has 5 heteroatoms. The number of hydrogen-bond donors (Lipinski definition) is 0. The first-order chi connectivity index (χ1) is 13.6. The molecule has 0 fully saturated rings. The highest BCUT2D eigenvalue weighted by Crippen LogP contribution is 2.19. The summed E-state index contributed by atoms with van der Waals surface area (Å²) in [6.45, 7) is 0.475. The Hall–Kier alpha value is -3.11. The normalized spacial score (nSPS) is 10.8. The van der Waals surface area contributed by atoms with Crippen molar-refractivity contribution in [1.82, 2.24) is 0 Å². The molecule has 28 heavy (non-hydrogen) atoms. The van der Waals surface area contributed by atoms with E-state index in [4.69, 9.17) is 21.1 Å². The minimum Gasteiger partial charge on any atom is -0.489 e. The molecule has 0 saturated carbocycles. The summed E-state index contributed by atoms with van der Waals surface area (Å²) in [5.41, 5.74) is 2.48. The van der Waals surface area contributed by atoms with Crippen molar-refractivity contribution in [3.8, 4) is 5.75 Å². The van der Waals surface area contributed by atoms with Crippen LogP contribution in [0, 0.1) is 5.82 Å². The maximum atomic E-state index is 12.8. The summed E-state index contributed by atoms with van der Waals surface area (Å²) < 4.78 is 23.7. The van der Waals surface area contributed by atoms with Crippen molar-refractivity contribution in [2.45, 2.75) is 13.2 Å². The molecular formula is C23H18ClFO3. The standard InChI is InChI=1S/C23H18ClFO3/c24-22-4-2-1-3-19(22)16-27-21-12-7-17(8-13-21)9-14-23(26)28-15-18-5-10-20(25)11-6-18/h1-14H,15-16H2. The molecule has 0 aliphatic heterocycles. The Morgan fingerprint density at radius 1 is 0.929 bits per heavy atom. The number of ether oxygens (including phenoxy) is 2. The predicted octanol–water partition coefficient (Wildman–Crippen LogP) is 5.81. The van der Waals surface area contributed by atoms with Gasteiger partial charge in [0.05, 0.1) is 0 Å². The third kappa shape index (κ3) is 5.96. The molecule has 0 aliphatic rings. The molecule has 0 spiro atoms. The average Bonchev–Trinajstić information content (AvgIpc) is 2.72. The van der Waals surface area contributed by atoms with Gasteiger partial charge >= 0.3 is 5.97 Å². The van der Waals surface area contributed by atoms with E-state index in [9.17, 15) is 9.18 Å². The van der Waals surface area contributed by atoms with Gasteiger partial charge in [-0.3, -0.25) is 0 Å². The van der Waals surface area contributed by atoms with E-state index in [0.717, 1.165) is 16.7 Å². The van der Waals surface area contributed by atoms with Crippen molar-refractivity contribution in [2.24, 2.45) is 0 Å². The van der Waals surface area contributed by atoms with Crippen LogP contribution in [-0.2, 0) is 22.7 Å². The van der Waals surface area contributed by atoms with Crippen molar-refractivity contribution in [2.75, 3.05) is 0 Å². The molecule has 0 saturated heterocycles. The van der Waals surface area contributed by atoms with Gasteiger partial charge in [0.2, 0.25) is 0 Å². The molecular weight excluding hydrogens is 379 g/mol. The van der Waals surface area contributed by atoms with Crippen molar-refractivity contribution >= 4 is 23.6 Å². The van der Waals surface area contributed by atoms with Crippen molar-refractivity contribution in [3.05, 3.63) is 106 Å². The number of carbonyl (C=O) groups excluding carboxylic acids is 1. The molecule has 0 aromatic heterocycles. The highest BCUT2D eigenvalue weighted by molar-refractivity contribution is 6.31. The zero-order chi connectivity index (χ0) is 19.8. The Morgan fingerprint density at radius 2 is 1.64 bits per heavy atom. The van der Waals surface area contributed by atoms with Crippen LogP contribution in [0.15, 0.2) is 78.9 Å². The Morgan fingerprint density at radius 3 is 2.36 bits per heavy atom. The Balaban J connectivity index is 1.48. The van der Waals surface area contributed by atoms with Gasteiger partial charge in [0.15, 0.2) is 0 Å². The number of hydrogen-bond acceptors (Lipinski definition) is 3. The summed E-state index contributed by atoms with van der Waals surface area (Å²) in [7, 11) is 0. The van der Waals surface area contributed by atoms with Crippen LogP contribution in [0.3, 0.4) is 0 Å². The maximum Gasteiger partial charge on any atom is 0.331 e. The quantitative estimate of drug-likeness (QED) is 0.373. The van der Waals surface area contributed by atoms with E-state index in [1.807, 2.05) is 48.5 Å². The van der Waals surface area contributed by atoms with Crippen molar-refractivity contribution < 1.29 is 18.7 Å². The molecule has 0 radical (unpaired) electrons. The van der Waals surface area contributed by atoms with Crippen LogP contribution in [0.25, 0.3) is 6.08 Å². The lowest BCUT2D eigenvalue weighted by molar-refractivity contribution is -0.138. The lowest BCUT2D eigenvalue weighted by atomic mass is 10.2. The Bertz CT molecular complexity index is 950. The minimum atomic E-state index is -0.469. The van der Waals surface area contributed by atoms with Crippen LogP contribution in [0.4, 0.5) is 4.39 Å². The van der Waals surface area contributed by atoms with Gasteiger partial charge in [-0.2, -0.15) is 0 Å². The Labute approximate surface area is 168 Å². The summed E-state index contributed by atoms with van der Waals surface area (Å²) in [5, 5.41) is 0.668. The summed E-state index contributed by atoms with van der Waals surface area (Å²) in [5.74, 6) is -0.0893. The van der Waals surface area contributed by atoms with Gasteiger partial charge in [-0.1, -0.05) is 54.1 Å². The van der Waals surface area contributed by atoms with Gasteiger partial charge < -0.3 is 9.47 Å². The maximum absolute atomic E-state index is 12.8. The third-order valence-corrected chi connectivity index (χ3v) is 4.31. The molecule has 0 bridgehead atoms. The fraction of sp³-hybridized carbons (Fsp3) is 0.0870. The number of halogens is 2. The van der Waals surface area contributed by atoms with Gasteiger partial charge in [0.1, 0.15) is 24.8 Å². The van der Waals surface area contributed by atoms with E-state index >= 15 is 0 Å². The van der Waals surface area contributed by atoms with Crippen LogP contribution in [0.2, 0.25) is 5.02 Å². The van der Waals surface area contributed by atoms with Crippen molar-refractivity contribution in [1.29, 1.82) is 0 Å². The summed E-state index contributed by atoms with van der Waals surface area (Å²) in [6, 6.07) is 20.6. The predicted molar refractivity (Wildman–Crippen MR) is 107 cm³/mol. The minimum absolute atomic E-state index is 0.0955. The first-order valence-electron chi connectivity index (χ1n) is 8.66. The van der Waals surface area contributed by atoms with E-state index < -0.39 is 5.97 Å². The second kappa shape index (κ2) is 9.72. The molecule has 0 amide bonds. The molecule has 3 aromatic carbocycles. The Kier molecular flexibility index (Phi) is 6.82. The second-order valence-electron chi connectivity index (χ2n) is 6.02. The number of rotatable bonds is 7. The lowest BCUT2D eigenvalue weighted by Crippen LogP contribution is -2.00. The fourth-order valence-electron chi connectivity index (χ4n) is 2.40. The fourth-order valence-corrected chi connectivity index (χ4v) is 2.59. The van der Waals surface area contributed by atoms with Gasteiger partial charge in [-0.15, -0.1) is 0 Å². The molecule has 0 N–H and O–H groups in total. The van der Waals surface area contributed by atoms with Crippen LogP contribution >= 0.6 is 11.6 Å². The third-order valence-electron chi connectivity index (χ3n) is 3.94. The zero-order valence-corrected chi connectivity index (χ0v) is 15.7. The zero-order valence-electron chi connectivity index (χ0n) is 15.0. The monoisotopic (exact) mass is 396 g/mol. The van der Waals surface area contributed by atoms with E-state index in [2.05, 4.69) is 0 Å². The van der Waals surface area contributed by atoms with Gasteiger partial charge in [0, 0.05) is 16.7 Å². The molecule has 142 valence electrons. The van der Waals surface area contributed by atoms with Crippen molar-refractivity contribution in [3.63, 3.8) is 0 Å². The number of carbonyl (C=O) groups is 1. The highest BCUT2D eigenvalue weighted by Gasteiger charge is 2.02. The SMILES string of the molecule is O=C(C=Cc1ccc(OCc2ccccc2Cl)cc1)OCc1ccc(F)cc1. The second-order valence-corrected chi connectivity index (χ2v) is 6.42. The van der Waals surface area contributed by atoms with E-state index in [-0.39, 0.29) is 12.4 Å². The van der Waals surface area contributed by atoms with Gasteiger partial charge in [-0.25, -0.2) is 9.18 Å². The van der Waals surface area contributed by atoms with Crippen LogP contribution < -0.4 is 4.74 Å². The highest BCUT2D eigenvalue weighted by atomic mass is 35.5. The topological polar surface area (TPSA) is 35.5 Å². The van der Waals surface area contributed by atoms with Crippen LogP contribution in [-0.4, -0.2) is 5.97 Å². The van der Waals surface area contributed by atoms with Crippen LogP contribution in [0.5, 0.6) is 5.75 Å². The van der Waals surface area contributed by atoms with E-state index in [0.29, 0.717) is 17.4 Å². The molecule has 0 heterocycles. The first kappa shape index (κ1) is 19.6.